The van der Waals surface area contributed by atoms with Crippen LogP contribution in [0.15, 0.2) is 27.3 Å². The first-order valence-electron chi connectivity index (χ1n) is 7.54. The molecule has 0 radical (unpaired) electrons. The molecule has 3 rings (SSSR count). The summed E-state index contributed by atoms with van der Waals surface area (Å²) in [4.78, 5) is 18.4. The highest BCUT2D eigenvalue weighted by molar-refractivity contribution is 5.91. The number of hydrogen-bond donors (Lipinski definition) is 1. The standard InChI is InChI=1S/C15H20N4O3/c1-11-17-14(22-18-11)10-19-6-2-4-12(9-19)8-16-15(20)13-5-3-7-21-13/h3,5,7,12H,2,4,6,8-10H2,1H3,(H,16,20). The minimum Gasteiger partial charge on any atom is -0.459 e. The van der Waals surface area contributed by atoms with Crippen molar-refractivity contribution in [2.75, 3.05) is 19.6 Å². The van der Waals surface area contributed by atoms with Gasteiger partial charge in [-0.15, -0.1) is 0 Å². The van der Waals surface area contributed by atoms with Crippen LogP contribution in [-0.4, -0.2) is 40.6 Å². The van der Waals surface area contributed by atoms with E-state index >= 15 is 0 Å². The number of furan rings is 1. The number of nitrogens with one attached hydrogen (secondary N) is 1. The van der Waals surface area contributed by atoms with Gasteiger partial charge in [0.05, 0.1) is 12.8 Å². The van der Waals surface area contributed by atoms with E-state index in [2.05, 4.69) is 20.4 Å². The van der Waals surface area contributed by atoms with Crippen molar-refractivity contribution < 1.29 is 13.7 Å². The summed E-state index contributed by atoms with van der Waals surface area (Å²) in [6.45, 7) is 5.07. The molecule has 3 heterocycles. The third-order valence-corrected chi connectivity index (χ3v) is 3.83. The summed E-state index contributed by atoms with van der Waals surface area (Å²) < 4.78 is 10.3. The molecule has 22 heavy (non-hydrogen) atoms. The molecule has 1 aliphatic rings. The molecule has 1 amide bonds. The first-order valence-corrected chi connectivity index (χ1v) is 7.54. The number of aryl methyl sites for hydroxylation is 1. The van der Waals surface area contributed by atoms with E-state index in [9.17, 15) is 4.79 Å². The van der Waals surface area contributed by atoms with Crippen LogP contribution in [-0.2, 0) is 6.54 Å². The maximum atomic E-state index is 11.9. The molecule has 2 aromatic heterocycles. The molecule has 1 atom stereocenters. The Morgan fingerprint density at radius 3 is 3.18 bits per heavy atom. The fourth-order valence-electron chi connectivity index (χ4n) is 2.79. The Kier molecular flexibility index (Phi) is 4.53. The second kappa shape index (κ2) is 6.74. The molecular formula is C15H20N4O3. The molecule has 0 aromatic carbocycles. The summed E-state index contributed by atoms with van der Waals surface area (Å²) >= 11 is 0. The van der Waals surface area contributed by atoms with Crippen molar-refractivity contribution in [3.63, 3.8) is 0 Å². The number of carbonyl (C=O) groups excluding carboxylic acids is 1. The summed E-state index contributed by atoms with van der Waals surface area (Å²) in [5, 5.41) is 6.74. The molecule has 1 aliphatic heterocycles. The van der Waals surface area contributed by atoms with E-state index in [1.807, 2.05) is 6.92 Å². The van der Waals surface area contributed by atoms with Crippen LogP contribution in [0.25, 0.3) is 0 Å². The van der Waals surface area contributed by atoms with E-state index in [0.29, 0.717) is 36.5 Å². The van der Waals surface area contributed by atoms with Crippen molar-refractivity contribution in [2.24, 2.45) is 5.92 Å². The number of hydrogen-bond acceptors (Lipinski definition) is 6. The van der Waals surface area contributed by atoms with Crippen molar-refractivity contribution in [2.45, 2.75) is 26.3 Å². The molecule has 1 unspecified atom stereocenters. The molecule has 1 N–H and O–H groups in total. The highest BCUT2D eigenvalue weighted by Crippen LogP contribution is 2.17. The van der Waals surface area contributed by atoms with Crippen LogP contribution >= 0.6 is 0 Å². The lowest BCUT2D eigenvalue weighted by Crippen LogP contribution is -2.40. The largest absolute Gasteiger partial charge is 0.459 e. The van der Waals surface area contributed by atoms with Gasteiger partial charge in [-0.1, -0.05) is 5.16 Å². The van der Waals surface area contributed by atoms with Crippen LogP contribution in [0, 0.1) is 12.8 Å². The third kappa shape index (κ3) is 3.73. The van der Waals surface area contributed by atoms with Gasteiger partial charge in [0.2, 0.25) is 5.89 Å². The molecule has 2 aromatic rings. The lowest BCUT2D eigenvalue weighted by atomic mass is 9.98. The quantitative estimate of drug-likeness (QED) is 0.903. The minimum absolute atomic E-state index is 0.158. The van der Waals surface area contributed by atoms with Gasteiger partial charge in [-0.3, -0.25) is 9.69 Å². The number of carbonyl (C=O) groups is 1. The van der Waals surface area contributed by atoms with Gasteiger partial charge in [0, 0.05) is 13.1 Å². The summed E-state index contributed by atoms with van der Waals surface area (Å²) in [5.41, 5.74) is 0. The second-order valence-corrected chi connectivity index (χ2v) is 5.67. The molecule has 0 spiro atoms. The second-order valence-electron chi connectivity index (χ2n) is 5.67. The van der Waals surface area contributed by atoms with Crippen molar-refractivity contribution in [3.8, 4) is 0 Å². The van der Waals surface area contributed by atoms with Crippen LogP contribution in [0.4, 0.5) is 0 Å². The summed E-state index contributed by atoms with van der Waals surface area (Å²) in [6.07, 6.45) is 3.72. The fourth-order valence-corrected chi connectivity index (χ4v) is 2.79. The van der Waals surface area contributed by atoms with Gasteiger partial charge in [0.25, 0.3) is 5.91 Å². The van der Waals surface area contributed by atoms with Crippen molar-refractivity contribution in [1.29, 1.82) is 0 Å². The summed E-state index contributed by atoms with van der Waals surface area (Å²) in [6, 6.07) is 3.38. The SMILES string of the molecule is Cc1noc(CN2CCCC(CNC(=O)c3ccco3)C2)n1. The molecule has 1 saturated heterocycles. The molecule has 7 heteroatoms. The normalized spacial score (nSPS) is 19.2. The topological polar surface area (TPSA) is 84.4 Å². The Morgan fingerprint density at radius 1 is 1.55 bits per heavy atom. The van der Waals surface area contributed by atoms with Crippen molar-refractivity contribution in [3.05, 3.63) is 35.9 Å². The summed E-state index contributed by atoms with van der Waals surface area (Å²) in [5.74, 6) is 1.94. The van der Waals surface area contributed by atoms with Crippen LogP contribution in [0.1, 0.15) is 35.1 Å². The number of nitrogens with zero attached hydrogens (tertiary/aromatic N) is 3. The number of rotatable bonds is 5. The number of aromatic nitrogens is 2. The lowest BCUT2D eigenvalue weighted by Gasteiger charge is -2.31. The zero-order valence-electron chi connectivity index (χ0n) is 12.6. The van der Waals surface area contributed by atoms with Crippen molar-refractivity contribution >= 4 is 5.91 Å². The number of amides is 1. The Morgan fingerprint density at radius 2 is 2.45 bits per heavy atom. The number of piperidine rings is 1. The molecule has 0 aliphatic carbocycles. The zero-order valence-corrected chi connectivity index (χ0v) is 12.6. The van der Waals surface area contributed by atoms with Gasteiger partial charge < -0.3 is 14.3 Å². The van der Waals surface area contributed by atoms with E-state index in [-0.39, 0.29) is 5.91 Å². The van der Waals surface area contributed by atoms with Gasteiger partial charge in [-0.25, -0.2) is 0 Å². The molecule has 7 nitrogen and oxygen atoms in total. The first-order chi connectivity index (χ1) is 10.7. The molecule has 0 bridgehead atoms. The first kappa shape index (κ1) is 14.8. The van der Waals surface area contributed by atoms with Gasteiger partial charge in [-0.2, -0.15) is 4.98 Å². The van der Waals surface area contributed by atoms with Gasteiger partial charge >= 0.3 is 0 Å². The van der Waals surface area contributed by atoms with Gasteiger partial charge in [-0.05, 0) is 44.4 Å². The van der Waals surface area contributed by atoms with E-state index < -0.39 is 0 Å². The Bertz CT molecular complexity index is 608. The molecule has 0 saturated carbocycles. The minimum atomic E-state index is -0.158. The maximum Gasteiger partial charge on any atom is 0.286 e. The maximum absolute atomic E-state index is 11.9. The van der Waals surface area contributed by atoms with Crippen LogP contribution in [0.3, 0.4) is 0 Å². The summed E-state index contributed by atoms with van der Waals surface area (Å²) in [7, 11) is 0. The van der Waals surface area contributed by atoms with E-state index in [4.69, 9.17) is 8.94 Å². The van der Waals surface area contributed by atoms with Gasteiger partial charge in [0.1, 0.15) is 0 Å². The highest BCUT2D eigenvalue weighted by Gasteiger charge is 2.22. The molecule has 1 fully saturated rings. The Hall–Kier alpha value is -2.15. The smallest absolute Gasteiger partial charge is 0.286 e. The Labute approximate surface area is 128 Å². The predicted molar refractivity (Wildman–Crippen MR) is 78.1 cm³/mol. The monoisotopic (exact) mass is 304 g/mol. The average molecular weight is 304 g/mol. The molecular weight excluding hydrogens is 284 g/mol. The Balaban J connectivity index is 1.47. The van der Waals surface area contributed by atoms with Crippen LogP contribution < -0.4 is 5.32 Å². The predicted octanol–water partition coefficient (Wildman–Crippen LogP) is 1.61. The van der Waals surface area contributed by atoms with Crippen LogP contribution in [0.2, 0.25) is 0 Å². The fraction of sp³-hybridized carbons (Fsp3) is 0.533. The van der Waals surface area contributed by atoms with E-state index in [1.54, 1.807) is 12.1 Å². The average Bonchev–Trinajstić information content (AvgIpc) is 3.17. The van der Waals surface area contributed by atoms with Gasteiger partial charge in [0.15, 0.2) is 11.6 Å². The molecule has 118 valence electrons. The number of likely N-dealkylation sites (tertiary alicyclic amines) is 1. The van der Waals surface area contributed by atoms with Crippen LogP contribution in [0.5, 0.6) is 0 Å². The lowest BCUT2D eigenvalue weighted by molar-refractivity contribution is 0.0899. The highest BCUT2D eigenvalue weighted by atomic mass is 16.5. The van der Waals surface area contributed by atoms with Crippen molar-refractivity contribution in [1.82, 2.24) is 20.4 Å². The third-order valence-electron chi connectivity index (χ3n) is 3.83. The van der Waals surface area contributed by atoms with E-state index in [0.717, 1.165) is 25.9 Å². The zero-order chi connectivity index (χ0) is 15.4. The van der Waals surface area contributed by atoms with E-state index in [1.165, 1.54) is 6.26 Å².